The summed E-state index contributed by atoms with van der Waals surface area (Å²) >= 11 is 1.44. The first-order valence-electron chi connectivity index (χ1n) is 8.97. The van der Waals surface area contributed by atoms with Crippen LogP contribution in [0.4, 0.5) is 5.00 Å². The predicted molar refractivity (Wildman–Crippen MR) is 106 cm³/mol. The molecule has 28 heavy (non-hydrogen) atoms. The molecule has 1 N–H and O–H groups in total. The number of hydrogen-bond acceptors (Lipinski definition) is 6. The SMILES string of the molecule is N#Cc1c(NC(=O)c2cc3c(=O)c4ccccc4oc3o2)sc2c1CCCC2. The molecule has 1 aliphatic carbocycles. The van der Waals surface area contributed by atoms with E-state index in [0.29, 0.717) is 21.5 Å². The number of furan rings is 1. The number of anilines is 1. The highest BCUT2D eigenvalue weighted by Gasteiger charge is 2.24. The van der Waals surface area contributed by atoms with Crippen LogP contribution in [0.15, 0.2) is 44.0 Å². The molecule has 1 amide bonds. The van der Waals surface area contributed by atoms with E-state index >= 15 is 0 Å². The fourth-order valence-corrected chi connectivity index (χ4v) is 4.88. The number of benzene rings is 1. The zero-order valence-electron chi connectivity index (χ0n) is 14.7. The maximum Gasteiger partial charge on any atom is 0.302 e. The Morgan fingerprint density at radius 3 is 2.82 bits per heavy atom. The van der Waals surface area contributed by atoms with Crippen molar-refractivity contribution in [3.05, 3.63) is 62.3 Å². The molecule has 6 nitrogen and oxygen atoms in total. The summed E-state index contributed by atoms with van der Waals surface area (Å²) in [6.45, 7) is 0. The number of para-hydroxylation sites is 1. The maximum atomic E-state index is 12.7. The molecule has 0 aliphatic heterocycles. The second-order valence-corrected chi connectivity index (χ2v) is 7.83. The number of amides is 1. The van der Waals surface area contributed by atoms with Crippen molar-refractivity contribution in [2.45, 2.75) is 25.7 Å². The van der Waals surface area contributed by atoms with Crippen LogP contribution in [0, 0.1) is 11.3 Å². The topological polar surface area (TPSA) is 96.2 Å². The molecule has 1 aromatic carbocycles. The van der Waals surface area contributed by atoms with Gasteiger partial charge >= 0.3 is 5.78 Å². The van der Waals surface area contributed by atoms with Gasteiger partial charge in [0.25, 0.3) is 5.91 Å². The zero-order valence-corrected chi connectivity index (χ0v) is 15.5. The predicted octanol–water partition coefficient (Wildman–Crippen LogP) is 4.60. The number of nitrogens with zero attached hydrogens (tertiary/aromatic N) is 1. The van der Waals surface area contributed by atoms with Crippen LogP contribution in [0.1, 0.15) is 39.4 Å². The van der Waals surface area contributed by atoms with Crippen molar-refractivity contribution in [3.8, 4) is 6.07 Å². The van der Waals surface area contributed by atoms with Crippen molar-refractivity contribution in [3.63, 3.8) is 0 Å². The zero-order chi connectivity index (χ0) is 19.3. The Morgan fingerprint density at radius 2 is 1.96 bits per heavy atom. The second kappa shape index (κ2) is 6.36. The van der Waals surface area contributed by atoms with Crippen LogP contribution in [0.5, 0.6) is 0 Å². The summed E-state index contributed by atoms with van der Waals surface area (Å²) in [7, 11) is 0. The van der Waals surface area contributed by atoms with E-state index in [2.05, 4.69) is 11.4 Å². The molecule has 0 radical (unpaired) electrons. The van der Waals surface area contributed by atoms with E-state index in [4.69, 9.17) is 8.83 Å². The Kier molecular flexibility index (Phi) is 3.81. The first-order valence-corrected chi connectivity index (χ1v) is 9.78. The van der Waals surface area contributed by atoms with Gasteiger partial charge in [-0.05, 0) is 43.4 Å². The van der Waals surface area contributed by atoms with Crippen LogP contribution < -0.4 is 10.7 Å². The normalized spacial score (nSPS) is 13.4. The summed E-state index contributed by atoms with van der Waals surface area (Å²) in [4.78, 5) is 26.5. The van der Waals surface area contributed by atoms with Crippen LogP contribution in [0.25, 0.3) is 22.1 Å². The van der Waals surface area contributed by atoms with Gasteiger partial charge in [0.2, 0.25) is 5.43 Å². The van der Waals surface area contributed by atoms with E-state index < -0.39 is 5.91 Å². The molecule has 0 spiro atoms. The van der Waals surface area contributed by atoms with E-state index in [1.54, 1.807) is 24.3 Å². The van der Waals surface area contributed by atoms with Crippen molar-refractivity contribution >= 4 is 44.4 Å². The molecule has 7 heteroatoms. The molecule has 3 aromatic heterocycles. The molecule has 0 saturated carbocycles. The highest BCUT2D eigenvalue weighted by atomic mass is 32.1. The highest BCUT2D eigenvalue weighted by molar-refractivity contribution is 7.16. The van der Waals surface area contributed by atoms with E-state index in [1.165, 1.54) is 17.4 Å². The summed E-state index contributed by atoms with van der Waals surface area (Å²) in [5.41, 5.74) is 1.73. The summed E-state index contributed by atoms with van der Waals surface area (Å²) < 4.78 is 11.1. The van der Waals surface area contributed by atoms with Crippen molar-refractivity contribution < 1.29 is 13.6 Å². The quantitative estimate of drug-likeness (QED) is 0.539. The first kappa shape index (κ1) is 16.8. The van der Waals surface area contributed by atoms with Gasteiger partial charge in [0.15, 0.2) is 5.76 Å². The molecule has 5 rings (SSSR count). The maximum absolute atomic E-state index is 12.7. The Bertz CT molecular complexity index is 1350. The third-order valence-corrected chi connectivity index (χ3v) is 6.22. The van der Waals surface area contributed by atoms with E-state index in [9.17, 15) is 14.9 Å². The molecule has 0 fully saturated rings. The molecule has 0 saturated heterocycles. The molecule has 1 aliphatic rings. The monoisotopic (exact) mass is 390 g/mol. The molecule has 0 unspecified atom stereocenters. The molecular weight excluding hydrogens is 376 g/mol. The van der Waals surface area contributed by atoms with Crippen molar-refractivity contribution in [2.75, 3.05) is 5.32 Å². The number of fused-ring (bicyclic) bond motifs is 3. The van der Waals surface area contributed by atoms with E-state index in [0.717, 1.165) is 36.1 Å². The number of carbonyl (C=O) groups is 1. The lowest BCUT2D eigenvalue weighted by Crippen LogP contribution is -2.11. The van der Waals surface area contributed by atoms with Gasteiger partial charge in [-0.2, -0.15) is 5.26 Å². The van der Waals surface area contributed by atoms with E-state index in [-0.39, 0.29) is 22.4 Å². The number of rotatable bonds is 2. The molecule has 0 bridgehead atoms. The minimum absolute atomic E-state index is 0.0137. The number of nitrogens with one attached hydrogen (secondary N) is 1. The second-order valence-electron chi connectivity index (χ2n) is 6.72. The number of carbonyl (C=O) groups excluding carboxylic acids is 1. The third kappa shape index (κ3) is 2.53. The van der Waals surface area contributed by atoms with Gasteiger partial charge in [0.1, 0.15) is 22.0 Å². The lowest BCUT2D eigenvalue weighted by molar-refractivity contribution is 0.0997. The molecule has 3 heterocycles. The standard InChI is InChI=1S/C21H14N2O4S/c22-10-14-11-5-2-4-8-17(11)28-20(14)23-19(25)16-9-13-18(24)12-6-1-3-7-15(12)26-21(13)27-16/h1,3,6-7,9H,2,4-5,8H2,(H,23,25). The van der Waals surface area contributed by atoms with Gasteiger partial charge in [0.05, 0.1) is 10.9 Å². The lowest BCUT2D eigenvalue weighted by atomic mass is 9.96. The lowest BCUT2D eigenvalue weighted by Gasteiger charge is -2.09. The van der Waals surface area contributed by atoms with Crippen LogP contribution in [0.3, 0.4) is 0 Å². The van der Waals surface area contributed by atoms with Crippen LogP contribution in [0.2, 0.25) is 0 Å². The smallest absolute Gasteiger partial charge is 0.302 e. The van der Waals surface area contributed by atoms with Gasteiger partial charge < -0.3 is 14.2 Å². The Balaban J connectivity index is 1.54. The van der Waals surface area contributed by atoms with Gasteiger partial charge in [-0.25, -0.2) is 0 Å². The molecule has 0 atom stereocenters. The fourth-order valence-electron chi connectivity index (χ4n) is 3.65. The average molecular weight is 390 g/mol. The van der Waals surface area contributed by atoms with E-state index in [1.807, 2.05) is 0 Å². The first-order chi connectivity index (χ1) is 13.7. The summed E-state index contributed by atoms with van der Waals surface area (Å²) in [6.07, 6.45) is 3.94. The minimum Gasteiger partial charge on any atom is -0.425 e. The van der Waals surface area contributed by atoms with Crippen molar-refractivity contribution in [1.82, 2.24) is 0 Å². The Hall–Kier alpha value is -3.37. The summed E-state index contributed by atoms with van der Waals surface area (Å²) in [5, 5.41) is 13.5. The number of aryl methyl sites for hydroxylation is 1. The van der Waals surface area contributed by atoms with Gasteiger partial charge in [-0.15, -0.1) is 11.3 Å². The van der Waals surface area contributed by atoms with Crippen molar-refractivity contribution in [2.24, 2.45) is 0 Å². The van der Waals surface area contributed by atoms with Crippen LogP contribution in [-0.2, 0) is 12.8 Å². The molecule has 4 aromatic rings. The van der Waals surface area contributed by atoms with Crippen LogP contribution >= 0.6 is 11.3 Å². The highest BCUT2D eigenvalue weighted by Crippen LogP contribution is 2.38. The Labute approximate surface area is 163 Å². The average Bonchev–Trinajstić information content (AvgIpc) is 3.29. The third-order valence-electron chi connectivity index (χ3n) is 5.01. The van der Waals surface area contributed by atoms with Gasteiger partial charge in [-0.1, -0.05) is 12.1 Å². The summed E-state index contributed by atoms with van der Waals surface area (Å²) in [5.74, 6) is -0.522. The molecule has 138 valence electrons. The van der Waals surface area contributed by atoms with Crippen LogP contribution in [-0.4, -0.2) is 5.91 Å². The fraction of sp³-hybridized carbons (Fsp3) is 0.190. The Morgan fingerprint density at radius 1 is 1.14 bits per heavy atom. The van der Waals surface area contributed by atoms with Gasteiger partial charge in [0, 0.05) is 10.9 Å². The summed E-state index contributed by atoms with van der Waals surface area (Å²) in [6, 6.07) is 10.5. The van der Waals surface area contributed by atoms with Gasteiger partial charge in [-0.3, -0.25) is 9.59 Å². The number of hydrogen-bond donors (Lipinski definition) is 1. The minimum atomic E-state index is -0.509. The van der Waals surface area contributed by atoms with Crippen molar-refractivity contribution in [1.29, 1.82) is 5.26 Å². The number of thiophene rings is 1. The molecular formula is C21H14N2O4S. The largest absolute Gasteiger partial charge is 0.425 e. The number of nitriles is 1.